The topological polar surface area (TPSA) is 76.0 Å². The molecule has 0 atom stereocenters. The minimum Gasteiger partial charge on any atom is -0.358 e. The molecule has 0 aliphatic carbocycles. The number of aryl methyl sites for hydroxylation is 1. The Morgan fingerprint density at radius 2 is 2.06 bits per heavy atom. The average Bonchev–Trinajstić information content (AvgIpc) is 2.28. The number of nitrogens with one attached hydrogen (secondary N) is 1. The molecule has 0 spiro atoms. The lowest BCUT2D eigenvalue weighted by molar-refractivity contribution is -0.479. The Labute approximate surface area is 97.2 Å². The van der Waals surface area contributed by atoms with Crippen LogP contribution in [0.3, 0.4) is 0 Å². The Bertz CT molecular complexity index is 631. The van der Waals surface area contributed by atoms with Crippen LogP contribution >= 0.6 is 0 Å². The number of aromatic amines is 1. The van der Waals surface area contributed by atoms with Crippen molar-refractivity contribution < 1.29 is 4.92 Å². The fourth-order valence-corrected chi connectivity index (χ4v) is 1.90. The van der Waals surface area contributed by atoms with E-state index in [9.17, 15) is 14.9 Å². The zero-order chi connectivity index (χ0) is 12.4. The zero-order valence-electron chi connectivity index (χ0n) is 9.40. The smallest absolute Gasteiger partial charge is 0.208 e. The SMILES string of the molecule is Cc1[nH]c2ccccc2c(=O)c1CC[N+](=O)[O-]. The van der Waals surface area contributed by atoms with Crippen LogP contribution in [0.25, 0.3) is 10.9 Å². The summed E-state index contributed by atoms with van der Waals surface area (Å²) in [6.45, 7) is 1.55. The predicted molar refractivity (Wildman–Crippen MR) is 64.9 cm³/mol. The molecule has 88 valence electrons. The normalized spacial score (nSPS) is 10.6. The Kier molecular flexibility index (Phi) is 2.91. The van der Waals surface area contributed by atoms with Gasteiger partial charge in [0.1, 0.15) is 0 Å². The first-order valence-corrected chi connectivity index (χ1v) is 5.32. The molecule has 5 heteroatoms. The van der Waals surface area contributed by atoms with Crippen molar-refractivity contribution in [3.63, 3.8) is 0 Å². The van der Waals surface area contributed by atoms with Gasteiger partial charge in [0, 0.05) is 33.5 Å². The minimum absolute atomic E-state index is 0.112. The van der Waals surface area contributed by atoms with E-state index in [-0.39, 0.29) is 18.4 Å². The number of hydrogen-bond donors (Lipinski definition) is 1. The van der Waals surface area contributed by atoms with Crippen molar-refractivity contribution in [1.82, 2.24) is 4.98 Å². The molecule has 0 radical (unpaired) electrons. The van der Waals surface area contributed by atoms with Crippen LogP contribution < -0.4 is 5.43 Å². The number of nitro groups is 1. The first-order chi connectivity index (χ1) is 8.09. The molecule has 0 aliphatic heterocycles. The van der Waals surface area contributed by atoms with Crippen molar-refractivity contribution in [3.8, 4) is 0 Å². The highest BCUT2D eigenvalue weighted by Gasteiger charge is 2.11. The standard InChI is InChI=1S/C12H12N2O3/c1-8-9(6-7-14(16)17)12(15)10-4-2-3-5-11(10)13-8/h2-5H,6-7H2,1H3,(H,13,15). The summed E-state index contributed by atoms with van der Waals surface area (Å²) in [6, 6.07) is 7.17. The third-order valence-corrected chi connectivity index (χ3v) is 2.76. The number of hydrogen-bond acceptors (Lipinski definition) is 3. The molecule has 5 nitrogen and oxygen atoms in total. The molecule has 1 aromatic carbocycles. The maximum Gasteiger partial charge on any atom is 0.208 e. The van der Waals surface area contributed by atoms with Crippen molar-refractivity contribution in [2.24, 2.45) is 0 Å². The lowest BCUT2D eigenvalue weighted by atomic mass is 10.1. The Morgan fingerprint density at radius 3 is 2.76 bits per heavy atom. The molecule has 17 heavy (non-hydrogen) atoms. The number of nitrogens with zero attached hydrogens (tertiary/aromatic N) is 1. The van der Waals surface area contributed by atoms with Crippen LogP contribution in [-0.4, -0.2) is 16.5 Å². The van der Waals surface area contributed by atoms with Gasteiger partial charge < -0.3 is 4.98 Å². The van der Waals surface area contributed by atoms with Crippen LogP contribution in [0.1, 0.15) is 11.3 Å². The number of aromatic nitrogens is 1. The summed E-state index contributed by atoms with van der Waals surface area (Å²) in [4.78, 5) is 25.2. The van der Waals surface area contributed by atoms with Crippen LogP contribution in [0.5, 0.6) is 0 Å². The van der Waals surface area contributed by atoms with Crippen molar-refractivity contribution >= 4 is 10.9 Å². The second kappa shape index (κ2) is 4.37. The van der Waals surface area contributed by atoms with Crippen molar-refractivity contribution in [1.29, 1.82) is 0 Å². The van der Waals surface area contributed by atoms with E-state index in [2.05, 4.69) is 4.98 Å². The number of H-pyrrole nitrogens is 1. The van der Waals surface area contributed by atoms with Gasteiger partial charge in [0.25, 0.3) is 0 Å². The van der Waals surface area contributed by atoms with Gasteiger partial charge in [0.05, 0.1) is 0 Å². The van der Waals surface area contributed by atoms with Gasteiger partial charge in [0.15, 0.2) is 5.43 Å². The van der Waals surface area contributed by atoms with E-state index < -0.39 is 4.92 Å². The highest BCUT2D eigenvalue weighted by Crippen LogP contribution is 2.11. The number of benzene rings is 1. The molecule has 1 aromatic heterocycles. The van der Waals surface area contributed by atoms with Crippen LogP contribution in [0.2, 0.25) is 0 Å². The third-order valence-electron chi connectivity index (χ3n) is 2.76. The first-order valence-electron chi connectivity index (χ1n) is 5.32. The van der Waals surface area contributed by atoms with Crippen LogP contribution in [0, 0.1) is 17.0 Å². The highest BCUT2D eigenvalue weighted by atomic mass is 16.6. The molecular weight excluding hydrogens is 220 g/mol. The van der Waals surface area contributed by atoms with Gasteiger partial charge in [-0.15, -0.1) is 0 Å². The van der Waals surface area contributed by atoms with E-state index >= 15 is 0 Å². The largest absolute Gasteiger partial charge is 0.358 e. The number of para-hydroxylation sites is 1. The summed E-state index contributed by atoms with van der Waals surface area (Å²) < 4.78 is 0. The van der Waals surface area contributed by atoms with E-state index in [1.807, 2.05) is 12.1 Å². The van der Waals surface area contributed by atoms with Crippen LogP contribution in [0.4, 0.5) is 0 Å². The molecule has 0 aliphatic rings. The fourth-order valence-electron chi connectivity index (χ4n) is 1.90. The molecule has 1 heterocycles. The molecular formula is C12H12N2O3. The van der Waals surface area contributed by atoms with Crippen molar-refractivity contribution in [3.05, 3.63) is 55.9 Å². The van der Waals surface area contributed by atoms with E-state index in [4.69, 9.17) is 0 Å². The second-order valence-corrected chi connectivity index (χ2v) is 3.91. The Balaban J connectivity index is 2.56. The monoisotopic (exact) mass is 232 g/mol. The highest BCUT2D eigenvalue weighted by molar-refractivity contribution is 5.79. The van der Waals surface area contributed by atoms with Gasteiger partial charge in [-0.05, 0) is 19.1 Å². The number of fused-ring (bicyclic) bond motifs is 1. The molecule has 0 fully saturated rings. The summed E-state index contributed by atoms with van der Waals surface area (Å²) in [5.74, 6) is 0. The number of rotatable bonds is 3. The Morgan fingerprint density at radius 1 is 1.35 bits per heavy atom. The summed E-state index contributed by atoms with van der Waals surface area (Å²) in [7, 11) is 0. The van der Waals surface area contributed by atoms with Gasteiger partial charge in [-0.2, -0.15) is 0 Å². The van der Waals surface area contributed by atoms with Crippen LogP contribution in [0.15, 0.2) is 29.1 Å². The molecule has 0 unspecified atom stereocenters. The van der Waals surface area contributed by atoms with Crippen molar-refractivity contribution in [2.45, 2.75) is 13.3 Å². The zero-order valence-corrected chi connectivity index (χ0v) is 9.40. The molecule has 1 N–H and O–H groups in total. The van der Waals surface area contributed by atoms with Crippen LogP contribution in [-0.2, 0) is 6.42 Å². The Hall–Kier alpha value is -2.17. The lowest BCUT2D eigenvalue weighted by Gasteiger charge is -2.05. The third kappa shape index (κ3) is 2.18. The van der Waals surface area contributed by atoms with Gasteiger partial charge in [-0.3, -0.25) is 14.9 Å². The maximum absolute atomic E-state index is 12.1. The van der Waals surface area contributed by atoms with E-state index in [1.165, 1.54) is 0 Å². The van der Waals surface area contributed by atoms with E-state index in [0.717, 1.165) is 5.52 Å². The van der Waals surface area contributed by atoms with Crippen molar-refractivity contribution in [2.75, 3.05) is 6.54 Å². The predicted octanol–water partition coefficient (Wildman–Crippen LogP) is 1.66. The average molecular weight is 232 g/mol. The maximum atomic E-state index is 12.1. The van der Waals surface area contributed by atoms with Gasteiger partial charge >= 0.3 is 0 Å². The molecule has 0 saturated heterocycles. The van der Waals surface area contributed by atoms with E-state index in [0.29, 0.717) is 16.6 Å². The molecule has 0 saturated carbocycles. The van der Waals surface area contributed by atoms with E-state index in [1.54, 1.807) is 19.1 Å². The van der Waals surface area contributed by atoms with Gasteiger partial charge in [-0.1, -0.05) is 12.1 Å². The molecule has 0 amide bonds. The number of pyridine rings is 1. The van der Waals surface area contributed by atoms with Gasteiger partial charge in [0.2, 0.25) is 6.54 Å². The minimum atomic E-state index is -0.409. The molecule has 2 aromatic rings. The fraction of sp³-hybridized carbons (Fsp3) is 0.250. The molecule has 0 bridgehead atoms. The summed E-state index contributed by atoms with van der Waals surface area (Å²) >= 11 is 0. The summed E-state index contributed by atoms with van der Waals surface area (Å²) in [5.41, 5.74) is 1.86. The first kappa shape index (κ1) is 11.3. The summed E-state index contributed by atoms with van der Waals surface area (Å²) in [6.07, 6.45) is 0.166. The quantitative estimate of drug-likeness (QED) is 0.645. The van der Waals surface area contributed by atoms with Gasteiger partial charge in [-0.25, -0.2) is 0 Å². The molecule has 2 rings (SSSR count). The summed E-state index contributed by atoms with van der Waals surface area (Å²) in [5, 5.41) is 10.9. The lowest BCUT2D eigenvalue weighted by Crippen LogP contribution is -2.17. The second-order valence-electron chi connectivity index (χ2n) is 3.91.